The van der Waals surface area contributed by atoms with Crippen LogP contribution in [0.15, 0.2) is 42.7 Å². The summed E-state index contributed by atoms with van der Waals surface area (Å²) in [7, 11) is 1.87. The molecule has 0 saturated carbocycles. The molecule has 94 valence electrons. The molecule has 2 N–H and O–H groups in total. The zero-order chi connectivity index (χ0) is 13.2. The summed E-state index contributed by atoms with van der Waals surface area (Å²) in [5.41, 5.74) is 6.01. The highest BCUT2D eigenvalue weighted by Crippen LogP contribution is 2.20. The lowest BCUT2D eigenvalue weighted by atomic mass is 9.87. The van der Waals surface area contributed by atoms with Gasteiger partial charge in [-0.3, -0.25) is 4.79 Å². The van der Waals surface area contributed by atoms with Crippen LogP contribution in [0.5, 0.6) is 0 Å². The fourth-order valence-electron chi connectivity index (χ4n) is 1.84. The summed E-state index contributed by atoms with van der Waals surface area (Å²) in [6.07, 6.45) is 3.74. The first kappa shape index (κ1) is 12.5. The van der Waals surface area contributed by atoms with Gasteiger partial charge in [-0.2, -0.15) is 0 Å². The van der Waals surface area contributed by atoms with Crippen LogP contribution in [0.4, 0.5) is 0 Å². The third-order valence-corrected chi connectivity index (χ3v) is 3.19. The first-order chi connectivity index (χ1) is 8.51. The Morgan fingerprint density at radius 2 is 2.06 bits per heavy atom. The summed E-state index contributed by atoms with van der Waals surface area (Å²) in [4.78, 5) is 16.5. The quantitative estimate of drug-likeness (QED) is 0.883. The fraction of sp³-hybridized carbons (Fsp3) is 0.286. The third-order valence-electron chi connectivity index (χ3n) is 3.19. The minimum Gasteiger partial charge on any atom is -0.338 e. The second kappa shape index (κ2) is 4.74. The van der Waals surface area contributed by atoms with Crippen molar-refractivity contribution in [3.63, 3.8) is 0 Å². The number of Topliss-reactive ketones (excluding diaryl/α,β-unsaturated/α-hetero) is 1. The van der Waals surface area contributed by atoms with Gasteiger partial charge in [-0.25, -0.2) is 4.98 Å². The maximum Gasteiger partial charge on any atom is 0.164 e. The molecule has 0 aliphatic rings. The van der Waals surface area contributed by atoms with Gasteiger partial charge in [0, 0.05) is 19.4 Å². The predicted octanol–water partition coefficient (Wildman–Crippen LogP) is 1.41. The minimum absolute atomic E-state index is 0.0389. The lowest BCUT2D eigenvalue weighted by Crippen LogP contribution is -2.43. The van der Waals surface area contributed by atoms with Gasteiger partial charge >= 0.3 is 0 Å². The van der Waals surface area contributed by atoms with E-state index >= 15 is 0 Å². The van der Waals surface area contributed by atoms with Crippen molar-refractivity contribution < 1.29 is 4.79 Å². The molecule has 1 unspecified atom stereocenters. The Balaban J connectivity index is 2.21. The van der Waals surface area contributed by atoms with Crippen molar-refractivity contribution in [3.05, 3.63) is 54.1 Å². The van der Waals surface area contributed by atoms with Gasteiger partial charge < -0.3 is 10.3 Å². The fourth-order valence-corrected chi connectivity index (χ4v) is 1.84. The molecule has 1 atom stereocenters. The van der Waals surface area contributed by atoms with Crippen LogP contribution >= 0.6 is 0 Å². The smallest absolute Gasteiger partial charge is 0.164 e. The number of hydrogen-bond acceptors (Lipinski definition) is 3. The van der Waals surface area contributed by atoms with Gasteiger partial charge in [-0.1, -0.05) is 30.3 Å². The summed E-state index contributed by atoms with van der Waals surface area (Å²) in [5.74, 6) is 0.690. The zero-order valence-electron chi connectivity index (χ0n) is 10.6. The molecule has 0 aliphatic carbocycles. The molecule has 2 aromatic rings. The molecule has 1 aromatic heterocycles. The summed E-state index contributed by atoms with van der Waals surface area (Å²) in [6.45, 7) is 1.74. The standard InChI is InChI=1S/C14H17N3O/c1-14(15,11-6-4-3-5-7-11)12(18)10-13-16-8-9-17(13)2/h3-9H,10,15H2,1-2H3. The number of nitrogens with two attached hydrogens (primary N) is 1. The summed E-state index contributed by atoms with van der Waals surface area (Å²) in [5, 5.41) is 0. The number of carbonyl (C=O) groups is 1. The number of benzene rings is 1. The van der Waals surface area contributed by atoms with Crippen molar-refractivity contribution in [1.29, 1.82) is 0 Å². The molecule has 0 amide bonds. The highest BCUT2D eigenvalue weighted by atomic mass is 16.1. The van der Waals surface area contributed by atoms with E-state index < -0.39 is 5.54 Å². The number of carbonyl (C=O) groups excluding carboxylic acids is 1. The van der Waals surface area contributed by atoms with Gasteiger partial charge in [0.15, 0.2) is 5.78 Å². The van der Waals surface area contributed by atoms with Crippen molar-refractivity contribution in [2.75, 3.05) is 0 Å². The Morgan fingerprint density at radius 3 is 2.61 bits per heavy atom. The Bertz CT molecular complexity index is 543. The Labute approximate surface area is 106 Å². The normalized spacial score (nSPS) is 14.2. The molecule has 4 heteroatoms. The van der Waals surface area contributed by atoms with E-state index in [9.17, 15) is 4.79 Å². The highest BCUT2D eigenvalue weighted by Gasteiger charge is 2.30. The maximum atomic E-state index is 12.3. The van der Waals surface area contributed by atoms with E-state index in [0.717, 1.165) is 11.4 Å². The lowest BCUT2D eigenvalue weighted by molar-refractivity contribution is -0.123. The van der Waals surface area contributed by atoms with E-state index in [1.54, 1.807) is 13.1 Å². The number of aromatic nitrogens is 2. The van der Waals surface area contributed by atoms with Crippen LogP contribution < -0.4 is 5.73 Å². The van der Waals surface area contributed by atoms with Crippen LogP contribution in [0, 0.1) is 0 Å². The van der Waals surface area contributed by atoms with Gasteiger partial charge in [-0.15, -0.1) is 0 Å². The maximum absolute atomic E-state index is 12.3. The molecule has 0 spiro atoms. The Hall–Kier alpha value is -1.94. The molecule has 0 fully saturated rings. The minimum atomic E-state index is -0.979. The van der Waals surface area contributed by atoms with E-state index in [1.165, 1.54) is 0 Å². The summed E-state index contributed by atoms with van der Waals surface area (Å²) >= 11 is 0. The van der Waals surface area contributed by atoms with Gasteiger partial charge in [0.25, 0.3) is 0 Å². The van der Waals surface area contributed by atoms with Crippen molar-refractivity contribution in [2.24, 2.45) is 12.8 Å². The zero-order valence-corrected chi connectivity index (χ0v) is 10.6. The topological polar surface area (TPSA) is 60.9 Å². The van der Waals surface area contributed by atoms with Crippen molar-refractivity contribution >= 4 is 5.78 Å². The SMILES string of the molecule is Cn1ccnc1CC(=O)C(C)(N)c1ccccc1. The van der Waals surface area contributed by atoms with E-state index in [4.69, 9.17) is 5.73 Å². The first-order valence-electron chi connectivity index (χ1n) is 5.85. The van der Waals surface area contributed by atoms with Crippen molar-refractivity contribution in [2.45, 2.75) is 18.9 Å². The number of rotatable bonds is 4. The molecule has 2 rings (SSSR count). The number of aryl methyl sites for hydroxylation is 1. The number of hydrogen-bond donors (Lipinski definition) is 1. The summed E-state index contributed by atoms with van der Waals surface area (Å²) in [6, 6.07) is 9.42. The monoisotopic (exact) mass is 243 g/mol. The van der Waals surface area contributed by atoms with Crippen LogP contribution in [0.2, 0.25) is 0 Å². The summed E-state index contributed by atoms with van der Waals surface area (Å²) < 4.78 is 1.83. The lowest BCUT2D eigenvalue weighted by Gasteiger charge is -2.23. The largest absolute Gasteiger partial charge is 0.338 e. The average Bonchev–Trinajstić information content (AvgIpc) is 2.76. The van der Waals surface area contributed by atoms with Crippen LogP contribution in [0.25, 0.3) is 0 Å². The molecule has 4 nitrogen and oxygen atoms in total. The van der Waals surface area contributed by atoms with E-state index in [2.05, 4.69) is 4.98 Å². The second-order valence-corrected chi connectivity index (χ2v) is 4.62. The number of imidazole rings is 1. The third kappa shape index (κ3) is 2.33. The molecule has 1 aromatic carbocycles. The first-order valence-corrected chi connectivity index (χ1v) is 5.85. The van der Waals surface area contributed by atoms with Crippen molar-refractivity contribution in [3.8, 4) is 0 Å². The average molecular weight is 243 g/mol. The number of nitrogens with zero attached hydrogens (tertiary/aromatic N) is 2. The molecular weight excluding hydrogens is 226 g/mol. The highest BCUT2D eigenvalue weighted by molar-refractivity contribution is 5.90. The van der Waals surface area contributed by atoms with E-state index in [0.29, 0.717) is 0 Å². The van der Waals surface area contributed by atoms with E-state index in [1.807, 2.05) is 48.1 Å². The molecule has 0 aliphatic heterocycles. The molecular formula is C14H17N3O. The van der Waals surface area contributed by atoms with Crippen LogP contribution in [-0.2, 0) is 23.8 Å². The van der Waals surface area contributed by atoms with Crippen molar-refractivity contribution in [1.82, 2.24) is 9.55 Å². The molecule has 0 saturated heterocycles. The Kier molecular flexibility index (Phi) is 3.30. The second-order valence-electron chi connectivity index (χ2n) is 4.62. The molecule has 0 bridgehead atoms. The predicted molar refractivity (Wildman–Crippen MR) is 69.9 cm³/mol. The molecule has 0 radical (unpaired) electrons. The van der Waals surface area contributed by atoms with Crippen LogP contribution in [0.1, 0.15) is 18.3 Å². The van der Waals surface area contributed by atoms with Crippen LogP contribution in [0.3, 0.4) is 0 Å². The van der Waals surface area contributed by atoms with Gasteiger partial charge in [0.1, 0.15) is 5.82 Å². The van der Waals surface area contributed by atoms with Gasteiger partial charge in [0.2, 0.25) is 0 Å². The molecule has 18 heavy (non-hydrogen) atoms. The molecule has 1 heterocycles. The number of ketones is 1. The van der Waals surface area contributed by atoms with Gasteiger partial charge in [0.05, 0.1) is 12.0 Å². The van der Waals surface area contributed by atoms with Gasteiger partial charge in [-0.05, 0) is 12.5 Å². The Morgan fingerprint density at radius 1 is 1.39 bits per heavy atom. The van der Waals surface area contributed by atoms with E-state index in [-0.39, 0.29) is 12.2 Å². The van der Waals surface area contributed by atoms with Crippen LogP contribution in [-0.4, -0.2) is 15.3 Å².